The molecule has 1 amide bonds. The summed E-state index contributed by atoms with van der Waals surface area (Å²) in [4.78, 5) is 13.5. The predicted molar refractivity (Wildman–Crippen MR) is 101 cm³/mol. The molecule has 1 aliphatic heterocycles. The molecule has 156 valence electrons. The first kappa shape index (κ1) is 21.1. The second-order valence-electron chi connectivity index (χ2n) is 7.51. The maximum atomic E-state index is 13.9. The maximum absolute atomic E-state index is 13.9. The molecule has 1 saturated carbocycles. The summed E-state index contributed by atoms with van der Waals surface area (Å²) in [5.74, 6) is -1.81. The Bertz CT molecular complexity index is 788. The quantitative estimate of drug-likeness (QED) is 0.748. The zero-order valence-corrected chi connectivity index (χ0v) is 16.7. The summed E-state index contributed by atoms with van der Waals surface area (Å²) in [5.41, 5.74) is 0. The van der Waals surface area contributed by atoms with Crippen molar-refractivity contribution in [3.8, 4) is 0 Å². The number of hydrogen-bond acceptors (Lipinski definition) is 4. The Balaban J connectivity index is 1.52. The van der Waals surface area contributed by atoms with Crippen LogP contribution < -0.4 is 5.32 Å². The van der Waals surface area contributed by atoms with Gasteiger partial charge in [0.2, 0.25) is 15.9 Å². The van der Waals surface area contributed by atoms with E-state index in [0.29, 0.717) is 19.2 Å². The van der Waals surface area contributed by atoms with E-state index in [4.69, 9.17) is 0 Å². The topological polar surface area (TPSA) is 69.7 Å². The van der Waals surface area contributed by atoms with E-state index in [1.807, 2.05) is 4.90 Å². The van der Waals surface area contributed by atoms with Crippen molar-refractivity contribution in [2.45, 2.75) is 49.5 Å². The van der Waals surface area contributed by atoms with Gasteiger partial charge in [-0.1, -0.05) is 25.7 Å². The Morgan fingerprint density at radius 1 is 1.04 bits per heavy atom. The van der Waals surface area contributed by atoms with Crippen LogP contribution in [0.5, 0.6) is 0 Å². The van der Waals surface area contributed by atoms with Crippen LogP contribution in [0.3, 0.4) is 0 Å². The van der Waals surface area contributed by atoms with Gasteiger partial charge in [0.25, 0.3) is 0 Å². The second-order valence-corrected chi connectivity index (χ2v) is 9.42. The first-order valence-electron chi connectivity index (χ1n) is 9.83. The number of piperazine rings is 1. The van der Waals surface area contributed by atoms with Crippen LogP contribution in [-0.2, 0) is 14.8 Å². The van der Waals surface area contributed by atoms with Gasteiger partial charge in [-0.3, -0.25) is 9.69 Å². The summed E-state index contributed by atoms with van der Waals surface area (Å²) in [6, 6.07) is 2.64. The minimum absolute atomic E-state index is 0.0422. The van der Waals surface area contributed by atoms with Crippen LogP contribution in [0, 0.1) is 11.6 Å². The SMILES string of the molecule is O=C(CN1CCN(S(=O)(=O)c2cc(F)ccc2F)CC1)NC1CCCCCC1. The van der Waals surface area contributed by atoms with Crippen LogP contribution in [-0.4, -0.2) is 62.3 Å². The summed E-state index contributed by atoms with van der Waals surface area (Å²) < 4.78 is 53.6. The molecule has 1 aliphatic carbocycles. The van der Waals surface area contributed by atoms with Crippen LogP contribution in [0.25, 0.3) is 0 Å². The minimum Gasteiger partial charge on any atom is -0.352 e. The lowest BCUT2D eigenvalue weighted by atomic mass is 10.1. The molecular formula is C19H27F2N3O3S. The molecule has 1 saturated heterocycles. The minimum atomic E-state index is -4.10. The number of hydrogen-bond donors (Lipinski definition) is 1. The van der Waals surface area contributed by atoms with Crippen LogP contribution in [0.15, 0.2) is 23.1 Å². The highest BCUT2D eigenvalue weighted by atomic mass is 32.2. The van der Waals surface area contributed by atoms with Crippen molar-refractivity contribution in [3.63, 3.8) is 0 Å². The summed E-state index contributed by atoms with van der Waals surface area (Å²) >= 11 is 0. The third kappa shape index (κ3) is 5.27. The van der Waals surface area contributed by atoms with Gasteiger partial charge >= 0.3 is 0 Å². The Labute approximate surface area is 164 Å². The number of sulfonamides is 1. The van der Waals surface area contributed by atoms with E-state index in [1.165, 1.54) is 12.8 Å². The van der Waals surface area contributed by atoms with Gasteiger partial charge in [-0.15, -0.1) is 0 Å². The largest absolute Gasteiger partial charge is 0.352 e. The van der Waals surface area contributed by atoms with E-state index in [2.05, 4.69) is 5.32 Å². The standard InChI is InChI=1S/C19H27F2N3O3S/c20-15-7-8-17(21)18(13-15)28(26,27)24-11-9-23(10-12-24)14-19(25)22-16-5-3-1-2-4-6-16/h7-8,13,16H,1-6,9-12,14H2,(H,22,25). The maximum Gasteiger partial charge on any atom is 0.246 e. The van der Waals surface area contributed by atoms with E-state index < -0.39 is 26.6 Å². The molecule has 2 fully saturated rings. The van der Waals surface area contributed by atoms with Gasteiger partial charge in [-0.05, 0) is 31.0 Å². The molecule has 0 unspecified atom stereocenters. The van der Waals surface area contributed by atoms with Crippen molar-refractivity contribution < 1.29 is 22.0 Å². The van der Waals surface area contributed by atoms with Gasteiger partial charge in [-0.25, -0.2) is 17.2 Å². The summed E-state index contributed by atoms with van der Waals surface area (Å²) in [7, 11) is -4.10. The number of nitrogens with one attached hydrogen (secondary N) is 1. The van der Waals surface area contributed by atoms with Crippen molar-refractivity contribution in [1.82, 2.24) is 14.5 Å². The molecule has 1 aromatic carbocycles. The van der Waals surface area contributed by atoms with Crippen molar-refractivity contribution in [2.75, 3.05) is 32.7 Å². The summed E-state index contributed by atoms with van der Waals surface area (Å²) in [6.07, 6.45) is 6.73. The Hall–Kier alpha value is -1.58. The van der Waals surface area contributed by atoms with E-state index >= 15 is 0 Å². The van der Waals surface area contributed by atoms with E-state index in [0.717, 1.165) is 42.1 Å². The number of carbonyl (C=O) groups excluding carboxylic acids is 1. The van der Waals surface area contributed by atoms with Gasteiger partial charge in [0, 0.05) is 32.2 Å². The third-order valence-electron chi connectivity index (χ3n) is 5.43. The molecule has 1 aromatic rings. The molecule has 2 aliphatic rings. The summed E-state index contributed by atoms with van der Waals surface area (Å²) in [6.45, 7) is 1.23. The number of nitrogens with zero attached hydrogens (tertiary/aromatic N) is 2. The fraction of sp³-hybridized carbons (Fsp3) is 0.632. The van der Waals surface area contributed by atoms with Gasteiger partial charge in [-0.2, -0.15) is 4.31 Å². The second kappa shape index (κ2) is 9.28. The molecule has 1 heterocycles. The van der Waals surface area contributed by atoms with Crippen LogP contribution in [0.2, 0.25) is 0 Å². The fourth-order valence-corrected chi connectivity index (χ4v) is 5.34. The van der Waals surface area contributed by atoms with Crippen molar-refractivity contribution in [3.05, 3.63) is 29.8 Å². The van der Waals surface area contributed by atoms with E-state index in [9.17, 15) is 22.0 Å². The average molecular weight is 416 g/mol. The first-order valence-corrected chi connectivity index (χ1v) is 11.3. The highest BCUT2D eigenvalue weighted by molar-refractivity contribution is 7.89. The number of amides is 1. The fourth-order valence-electron chi connectivity index (χ4n) is 3.84. The molecule has 0 aromatic heterocycles. The summed E-state index contributed by atoms with van der Waals surface area (Å²) in [5, 5.41) is 3.08. The monoisotopic (exact) mass is 415 g/mol. The number of rotatable bonds is 5. The van der Waals surface area contributed by atoms with Gasteiger partial charge < -0.3 is 5.32 Å². The lowest BCUT2D eigenvalue weighted by Crippen LogP contribution is -2.51. The lowest BCUT2D eigenvalue weighted by Gasteiger charge is -2.33. The third-order valence-corrected chi connectivity index (χ3v) is 7.34. The molecule has 0 atom stereocenters. The van der Waals surface area contributed by atoms with Crippen LogP contribution >= 0.6 is 0 Å². The van der Waals surface area contributed by atoms with Gasteiger partial charge in [0.05, 0.1) is 6.54 Å². The Morgan fingerprint density at radius 3 is 2.32 bits per heavy atom. The molecule has 6 nitrogen and oxygen atoms in total. The zero-order valence-electron chi connectivity index (χ0n) is 15.9. The number of carbonyl (C=O) groups is 1. The van der Waals surface area contributed by atoms with Gasteiger partial charge in [0.15, 0.2) is 0 Å². The Kier molecular flexibility index (Phi) is 7.00. The van der Waals surface area contributed by atoms with Gasteiger partial charge in [0.1, 0.15) is 16.5 Å². The van der Waals surface area contributed by atoms with Crippen molar-refractivity contribution in [2.24, 2.45) is 0 Å². The van der Waals surface area contributed by atoms with Crippen LogP contribution in [0.1, 0.15) is 38.5 Å². The highest BCUT2D eigenvalue weighted by Gasteiger charge is 2.31. The molecule has 0 spiro atoms. The molecule has 1 N–H and O–H groups in total. The molecule has 0 bridgehead atoms. The zero-order chi connectivity index (χ0) is 20.1. The van der Waals surface area contributed by atoms with Crippen molar-refractivity contribution in [1.29, 1.82) is 0 Å². The molecule has 28 heavy (non-hydrogen) atoms. The smallest absolute Gasteiger partial charge is 0.246 e. The average Bonchev–Trinajstić information content (AvgIpc) is 2.92. The molecular weight excluding hydrogens is 388 g/mol. The molecule has 9 heteroatoms. The molecule has 3 rings (SSSR count). The van der Waals surface area contributed by atoms with E-state index in [-0.39, 0.29) is 31.6 Å². The normalized spacial score (nSPS) is 20.6. The van der Waals surface area contributed by atoms with E-state index in [1.54, 1.807) is 0 Å². The molecule has 0 radical (unpaired) electrons. The van der Waals surface area contributed by atoms with Crippen molar-refractivity contribution >= 4 is 15.9 Å². The lowest BCUT2D eigenvalue weighted by molar-refractivity contribution is -0.123. The van der Waals surface area contributed by atoms with Crippen LogP contribution in [0.4, 0.5) is 8.78 Å². The highest BCUT2D eigenvalue weighted by Crippen LogP contribution is 2.22. The number of halogens is 2. The predicted octanol–water partition coefficient (Wildman–Crippen LogP) is 2.11. The first-order chi connectivity index (χ1) is 13.4. The Morgan fingerprint density at radius 2 is 1.68 bits per heavy atom. The number of benzene rings is 1.